The normalized spacial score (nSPS) is 12.3. The van der Waals surface area contributed by atoms with Gasteiger partial charge >= 0.3 is 0 Å². The van der Waals surface area contributed by atoms with Gasteiger partial charge in [-0.1, -0.05) is 170 Å². The van der Waals surface area contributed by atoms with Gasteiger partial charge in [0.2, 0.25) is 0 Å². The number of rotatable bonds is 4. The molecule has 6 nitrogen and oxygen atoms in total. The highest BCUT2D eigenvalue weighted by Gasteiger charge is 2.26. The average Bonchev–Trinajstić information content (AvgIpc) is 3.73. The summed E-state index contributed by atoms with van der Waals surface area (Å²) in [7, 11) is 0. The molecule has 10 aromatic carbocycles. The van der Waals surface area contributed by atoms with Crippen LogP contribution in [0, 0.1) is 57.2 Å². The predicted molar refractivity (Wildman–Crippen MR) is 290 cm³/mol. The van der Waals surface area contributed by atoms with Gasteiger partial charge < -0.3 is 9.80 Å². The first-order valence-electron chi connectivity index (χ1n) is 23.9. The minimum absolute atomic E-state index is 0.0199. The predicted octanol–water partition coefficient (Wildman–Crippen LogP) is 14.9. The fraction of sp³-hybridized carbons (Fsp3) is 0.0606. The Hall–Kier alpha value is -10.2. The van der Waals surface area contributed by atoms with E-state index in [-0.39, 0.29) is 22.3 Å². The number of fused-ring (bicyclic) bond motifs is 14. The van der Waals surface area contributed by atoms with Gasteiger partial charge in [-0.3, -0.25) is 0 Å². The van der Waals surface area contributed by atoms with Crippen molar-refractivity contribution in [3.05, 3.63) is 244 Å². The number of nitrogens with zero attached hydrogens (tertiary/aromatic N) is 6. The summed E-state index contributed by atoms with van der Waals surface area (Å²) in [6.45, 7) is 2.67. The molecular weight excluding hydrogens is 877 g/mol. The molecule has 334 valence electrons. The summed E-state index contributed by atoms with van der Waals surface area (Å²) < 4.78 is 0. The highest BCUT2D eigenvalue weighted by Crippen LogP contribution is 2.45. The molecule has 0 bridgehead atoms. The molecule has 0 radical (unpaired) electrons. The number of anilines is 2. The van der Waals surface area contributed by atoms with Crippen molar-refractivity contribution in [3.63, 3.8) is 0 Å². The second-order valence-corrected chi connectivity index (χ2v) is 18.3. The number of benzene rings is 10. The molecular formula is C66H40N6. The highest BCUT2D eigenvalue weighted by atomic mass is 15.1. The smallest absolute Gasteiger partial charge is 0.145 e. The zero-order valence-electron chi connectivity index (χ0n) is 39.0. The van der Waals surface area contributed by atoms with E-state index in [4.69, 9.17) is 0 Å². The van der Waals surface area contributed by atoms with Crippen molar-refractivity contribution in [3.8, 4) is 58.4 Å². The molecule has 0 fully saturated rings. The molecule has 72 heavy (non-hydrogen) atoms. The van der Waals surface area contributed by atoms with Gasteiger partial charge in [0.1, 0.15) is 35.4 Å². The summed E-state index contributed by atoms with van der Waals surface area (Å²) in [5.74, 6) is 6.28. The Kier molecular flexibility index (Phi) is 10.8. The summed E-state index contributed by atoms with van der Waals surface area (Å²) >= 11 is 0. The lowest BCUT2D eigenvalue weighted by Gasteiger charge is -2.24. The maximum atomic E-state index is 10.4. The lowest BCUT2D eigenvalue weighted by atomic mass is 9.88. The van der Waals surface area contributed by atoms with Crippen molar-refractivity contribution in [2.24, 2.45) is 0 Å². The van der Waals surface area contributed by atoms with Crippen LogP contribution in [0.2, 0.25) is 0 Å². The zero-order valence-corrected chi connectivity index (χ0v) is 39.0. The lowest BCUT2D eigenvalue weighted by molar-refractivity contribution is 0.813. The van der Waals surface area contributed by atoms with Crippen LogP contribution in [0.5, 0.6) is 0 Å². The Morgan fingerprint density at radius 1 is 0.347 bits per heavy atom. The summed E-state index contributed by atoms with van der Waals surface area (Å²) in [6.07, 6.45) is 0. The monoisotopic (exact) mass is 916 g/mol. The molecule has 10 aromatic rings. The van der Waals surface area contributed by atoms with Gasteiger partial charge in [0.05, 0.1) is 5.57 Å². The molecule has 0 aliphatic carbocycles. The third-order valence-corrected chi connectivity index (χ3v) is 14.3. The van der Waals surface area contributed by atoms with Crippen molar-refractivity contribution in [2.45, 2.75) is 26.2 Å². The second-order valence-electron chi connectivity index (χ2n) is 18.3. The Balaban J connectivity index is 0.883. The molecule has 12 rings (SSSR count). The first kappa shape index (κ1) is 43.1. The van der Waals surface area contributed by atoms with E-state index in [0.717, 1.165) is 11.4 Å². The summed E-state index contributed by atoms with van der Waals surface area (Å²) in [5.41, 5.74) is 12.6. The average molecular weight is 917 g/mol. The molecule has 6 heteroatoms. The van der Waals surface area contributed by atoms with Crippen molar-refractivity contribution >= 4 is 60.0 Å². The van der Waals surface area contributed by atoms with E-state index >= 15 is 0 Å². The molecule has 0 aromatic heterocycles. The van der Waals surface area contributed by atoms with Gasteiger partial charge in [-0.2, -0.15) is 21.0 Å². The molecule has 2 aliphatic heterocycles. The standard InChI is InChI=1S/C66H40N6/c67-35-53(36-68)61(34-19-43-17-30-55(31-18-43)71-39-49-24-20-44-9-1-5-13-57(44)63(49)64-50(40-71)25-21-45-10-2-6-14-58(45)64)62(54(37-69)38-70)48-28-32-56(33-29-48)72-41-51-26-22-46-11-3-7-15-59(46)65(51)66-52(42-72)27-23-47-12-4-8-16-60(47)66/h1-18,20-33H,39-42H2. The van der Waals surface area contributed by atoms with E-state index in [1.807, 2.05) is 72.8 Å². The van der Waals surface area contributed by atoms with E-state index in [0.29, 0.717) is 37.3 Å². The van der Waals surface area contributed by atoms with E-state index < -0.39 is 0 Å². The second kappa shape index (κ2) is 18.1. The van der Waals surface area contributed by atoms with Gasteiger partial charge in [-0.25, -0.2) is 0 Å². The van der Waals surface area contributed by atoms with Gasteiger partial charge in [-0.05, 0) is 130 Å². The van der Waals surface area contributed by atoms with Crippen molar-refractivity contribution < 1.29 is 0 Å². The Morgan fingerprint density at radius 3 is 1.03 bits per heavy atom. The quantitative estimate of drug-likeness (QED) is 0.0990. The Bertz CT molecular complexity index is 4010. The first-order valence-corrected chi connectivity index (χ1v) is 23.9. The SMILES string of the molecule is N#CC(C#N)=C(C#Cc1ccc(N2Cc3ccc4ccccc4c3-c3c(ccc4ccccc34)C2)cc1)C(=C(C#N)C#N)c1ccc(N2Cc3ccc4ccccc4c3-c3c(ccc4ccccc34)C2)cc1. The van der Waals surface area contributed by atoms with Crippen molar-refractivity contribution in [1.82, 2.24) is 0 Å². The van der Waals surface area contributed by atoms with Crippen molar-refractivity contribution in [2.75, 3.05) is 9.80 Å². The van der Waals surface area contributed by atoms with Crippen LogP contribution in [0.25, 0.3) is 70.9 Å². The zero-order chi connectivity index (χ0) is 48.7. The number of nitriles is 4. The van der Waals surface area contributed by atoms with Crippen LogP contribution in [0.4, 0.5) is 11.4 Å². The Labute approximate surface area is 417 Å². The molecule has 2 aliphatic rings. The largest absolute Gasteiger partial charge is 0.363 e. The fourth-order valence-corrected chi connectivity index (χ4v) is 10.9. The van der Waals surface area contributed by atoms with Crippen LogP contribution in [0.1, 0.15) is 33.4 Å². The van der Waals surface area contributed by atoms with Gasteiger partial charge in [-0.15, -0.1) is 0 Å². The summed E-state index contributed by atoms with van der Waals surface area (Å²) in [5, 5.41) is 51.0. The maximum absolute atomic E-state index is 10.4. The molecule has 0 N–H and O–H groups in total. The third-order valence-electron chi connectivity index (χ3n) is 14.3. The minimum atomic E-state index is -0.289. The molecule has 0 unspecified atom stereocenters. The van der Waals surface area contributed by atoms with Gasteiger partial charge in [0.25, 0.3) is 0 Å². The lowest BCUT2D eigenvalue weighted by Crippen LogP contribution is -2.20. The minimum Gasteiger partial charge on any atom is -0.363 e. The molecule has 2 heterocycles. The molecule has 0 amide bonds. The van der Waals surface area contributed by atoms with Crippen LogP contribution in [-0.4, -0.2) is 0 Å². The van der Waals surface area contributed by atoms with Crippen LogP contribution >= 0.6 is 0 Å². The fourth-order valence-electron chi connectivity index (χ4n) is 10.9. The van der Waals surface area contributed by atoms with E-state index in [1.165, 1.54) is 87.6 Å². The molecule has 0 saturated heterocycles. The van der Waals surface area contributed by atoms with Gasteiger partial charge in [0.15, 0.2) is 0 Å². The Morgan fingerprint density at radius 2 is 0.681 bits per heavy atom. The van der Waals surface area contributed by atoms with E-state index in [2.05, 4.69) is 167 Å². The summed E-state index contributed by atoms with van der Waals surface area (Å²) in [4.78, 5) is 4.71. The highest BCUT2D eigenvalue weighted by molar-refractivity contribution is 6.10. The third kappa shape index (κ3) is 7.44. The number of hydrogen-bond donors (Lipinski definition) is 0. The summed E-state index contributed by atoms with van der Waals surface area (Å²) in [6, 6.07) is 75.7. The van der Waals surface area contributed by atoms with Crippen molar-refractivity contribution in [1.29, 1.82) is 21.0 Å². The van der Waals surface area contributed by atoms with E-state index in [1.54, 1.807) is 0 Å². The topological polar surface area (TPSA) is 102 Å². The number of hydrogen-bond acceptors (Lipinski definition) is 6. The number of allylic oxidation sites excluding steroid dienone is 4. The van der Waals surface area contributed by atoms with Gasteiger partial charge in [0, 0.05) is 48.7 Å². The van der Waals surface area contributed by atoms with Crippen LogP contribution in [0.15, 0.2) is 211 Å². The van der Waals surface area contributed by atoms with E-state index in [9.17, 15) is 21.0 Å². The maximum Gasteiger partial charge on any atom is 0.145 e. The van der Waals surface area contributed by atoms with Crippen LogP contribution in [-0.2, 0) is 26.2 Å². The molecule has 0 atom stereocenters. The molecule has 0 saturated carbocycles. The first-order chi connectivity index (χ1) is 35.5. The van der Waals surface area contributed by atoms with Crippen LogP contribution in [0.3, 0.4) is 0 Å². The van der Waals surface area contributed by atoms with Crippen LogP contribution < -0.4 is 9.80 Å². The molecule has 0 spiro atoms.